The molecule has 0 fully saturated rings. The van der Waals surface area contributed by atoms with Gasteiger partial charge >= 0.3 is 0 Å². The monoisotopic (exact) mass is 369 g/mol. The Morgan fingerprint density at radius 1 is 0.778 bits per heavy atom. The first-order valence-electron chi connectivity index (χ1n) is 9.98. The molecule has 27 heavy (non-hydrogen) atoms. The Kier molecular flexibility index (Phi) is 8.13. The molecule has 0 aromatic heterocycles. The molecule has 3 aliphatic heterocycles. The third-order valence-corrected chi connectivity index (χ3v) is 4.54. The molecule has 0 atom stereocenters. The molecular formula is C24H39N3. The van der Waals surface area contributed by atoms with Gasteiger partial charge in [0.2, 0.25) is 0 Å². The molecule has 0 bridgehead atoms. The van der Waals surface area contributed by atoms with Crippen molar-refractivity contribution in [3.05, 3.63) is 35.8 Å². The summed E-state index contributed by atoms with van der Waals surface area (Å²) in [6, 6.07) is 0. The van der Waals surface area contributed by atoms with Crippen LogP contribution in [0.2, 0.25) is 0 Å². The zero-order valence-corrected chi connectivity index (χ0v) is 18.9. The van der Waals surface area contributed by atoms with Crippen molar-refractivity contribution < 1.29 is 0 Å². The van der Waals surface area contributed by atoms with Crippen molar-refractivity contribution in [2.75, 3.05) is 0 Å². The third-order valence-electron chi connectivity index (χ3n) is 4.54. The molecule has 0 saturated carbocycles. The number of allylic oxidation sites excluding steroid dienone is 4. The lowest BCUT2D eigenvalue weighted by Crippen LogP contribution is -2.17. The van der Waals surface area contributed by atoms with Gasteiger partial charge in [0.15, 0.2) is 0 Å². The second-order valence-corrected chi connectivity index (χ2v) is 10.2. The Labute approximate surface area is 167 Å². The molecule has 3 aliphatic rings. The SMILES string of the molecule is CC(C)(C)C1=CCC=N1.CC(C)(C)C1=CN=CC1.CC(C)(C)C1=NC=CC1. The average Bonchev–Trinajstić information content (AvgIpc) is 3.28. The van der Waals surface area contributed by atoms with Gasteiger partial charge in [0, 0.05) is 66.3 Å². The van der Waals surface area contributed by atoms with Crippen LogP contribution in [0.15, 0.2) is 50.8 Å². The largest absolute Gasteiger partial charge is 0.269 e. The summed E-state index contributed by atoms with van der Waals surface area (Å²) in [5.74, 6) is 0. The van der Waals surface area contributed by atoms with Crippen molar-refractivity contribution in [2.24, 2.45) is 31.2 Å². The van der Waals surface area contributed by atoms with Crippen LogP contribution in [0, 0.1) is 16.2 Å². The first kappa shape index (κ1) is 23.3. The third kappa shape index (κ3) is 8.64. The van der Waals surface area contributed by atoms with Gasteiger partial charge in [-0.1, -0.05) is 74.5 Å². The van der Waals surface area contributed by atoms with E-state index in [1.807, 2.05) is 24.8 Å². The summed E-state index contributed by atoms with van der Waals surface area (Å²) in [4.78, 5) is 12.5. The molecule has 3 heterocycles. The maximum Gasteiger partial charge on any atom is 0.0417 e. The van der Waals surface area contributed by atoms with Gasteiger partial charge < -0.3 is 0 Å². The maximum atomic E-state index is 4.24. The zero-order valence-electron chi connectivity index (χ0n) is 18.9. The summed E-state index contributed by atoms with van der Waals surface area (Å²) < 4.78 is 0. The first-order chi connectivity index (χ1) is 12.3. The van der Waals surface area contributed by atoms with Crippen LogP contribution >= 0.6 is 0 Å². The van der Waals surface area contributed by atoms with E-state index in [1.54, 1.807) is 0 Å². The minimum absolute atomic E-state index is 0.243. The van der Waals surface area contributed by atoms with Crippen molar-refractivity contribution in [1.82, 2.24) is 0 Å². The molecule has 3 heteroatoms. The van der Waals surface area contributed by atoms with Crippen LogP contribution in [0.5, 0.6) is 0 Å². The van der Waals surface area contributed by atoms with Gasteiger partial charge in [0.05, 0.1) is 0 Å². The van der Waals surface area contributed by atoms with E-state index in [4.69, 9.17) is 0 Å². The second-order valence-electron chi connectivity index (χ2n) is 10.2. The standard InChI is InChI=1S/3C8H13N/c1-8(2,3)7-4-5-9-6-7;2*1-8(2,3)7-5-4-6-9-7/h2*5-6H,4H2,1-3H3;4,6H,5H2,1-3H3. The summed E-state index contributed by atoms with van der Waals surface area (Å²) in [7, 11) is 0. The lowest BCUT2D eigenvalue weighted by Gasteiger charge is -2.18. The van der Waals surface area contributed by atoms with E-state index in [2.05, 4.69) is 89.4 Å². The molecule has 0 amide bonds. The van der Waals surface area contributed by atoms with Crippen LogP contribution in [0.4, 0.5) is 0 Å². The minimum Gasteiger partial charge on any atom is -0.269 e. The van der Waals surface area contributed by atoms with Crippen molar-refractivity contribution in [3.63, 3.8) is 0 Å². The van der Waals surface area contributed by atoms with Gasteiger partial charge in [0.1, 0.15) is 0 Å². The molecule has 0 N–H and O–H groups in total. The van der Waals surface area contributed by atoms with Crippen molar-refractivity contribution in [1.29, 1.82) is 0 Å². The number of rotatable bonds is 0. The van der Waals surface area contributed by atoms with Crippen molar-refractivity contribution in [3.8, 4) is 0 Å². The van der Waals surface area contributed by atoms with Crippen molar-refractivity contribution in [2.45, 2.75) is 81.6 Å². The fourth-order valence-corrected chi connectivity index (χ4v) is 2.57. The highest BCUT2D eigenvalue weighted by atomic mass is 14.8. The highest BCUT2D eigenvalue weighted by Gasteiger charge is 2.19. The Morgan fingerprint density at radius 2 is 1.44 bits per heavy atom. The maximum absolute atomic E-state index is 4.24. The summed E-state index contributed by atoms with van der Waals surface area (Å²) in [5, 5.41) is 0. The van der Waals surface area contributed by atoms with Gasteiger partial charge in [-0.2, -0.15) is 0 Å². The molecule has 3 rings (SSSR count). The van der Waals surface area contributed by atoms with Crippen molar-refractivity contribution >= 4 is 18.1 Å². The predicted octanol–water partition coefficient (Wildman–Crippen LogP) is 7.17. The molecular weight excluding hydrogens is 330 g/mol. The number of aliphatic imine (C=N–C) groups is 3. The Morgan fingerprint density at radius 3 is 1.67 bits per heavy atom. The quantitative estimate of drug-likeness (QED) is 0.434. The summed E-state index contributed by atoms with van der Waals surface area (Å²) in [6.45, 7) is 19.8. The molecule has 0 spiro atoms. The zero-order chi connectivity index (χ0) is 20.7. The number of nitrogens with zero attached hydrogens (tertiary/aromatic N) is 3. The number of hydrogen-bond donors (Lipinski definition) is 0. The smallest absolute Gasteiger partial charge is 0.0417 e. The molecule has 150 valence electrons. The Balaban J connectivity index is 0.000000202. The summed E-state index contributed by atoms with van der Waals surface area (Å²) in [5.41, 5.74) is 4.78. The highest BCUT2D eigenvalue weighted by Crippen LogP contribution is 2.29. The molecule has 3 nitrogen and oxygen atoms in total. The van der Waals surface area contributed by atoms with E-state index in [9.17, 15) is 0 Å². The van der Waals surface area contributed by atoms with E-state index in [0.29, 0.717) is 5.41 Å². The lowest BCUT2D eigenvalue weighted by molar-refractivity contribution is 0.499. The number of hydrogen-bond acceptors (Lipinski definition) is 3. The van der Waals surface area contributed by atoms with Crippen LogP contribution in [0.25, 0.3) is 0 Å². The molecule has 0 aromatic carbocycles. The molecule has 0 saturated heterocycles. The van der Waals surface area contributed by atoms with Crippen LogP contribution < -0.4 is 0 Å². The van der Waals surface area contributed by atoms with E-state index in [-0.39, 0.29) is 10.8 Å². The van der Waals surface area contributed by atoms with Crippen LogP contribution in [-0.2, 0) is 0 Å². The van der Waals surface area contributed by atoms with Crippen LogP contribution in [0.1, 0.15) is 81.6 Å². The summed E-state index contributed by atoms with van der Waals surface area (Å²) in [6.07, 6.45) is 15.2. The lowest BCUT2D eigenvalue weighted by atomic mass is 9.86. The van der Waals surface area contributed by atoms with Crippen LogP contribution in [-0.4, -0.2) is 18.1 Å². The predicted molar refractivity (Wildman–Crippen MR) is 122 cm³/mol. The van der Waals surface area contributed by atoms with Gasteiger partial charge in [-0.3, -0.25) is 15.0 Å². The topological polar surface area (TPSA) is 37.1 Å². The summed E-state index contributed by atoms with van der Waals surface area (Å²) >= 11 is 0. The molecule has 0 aromatic rings. The second kappa shape index (κ2) is 9.43. The fourth-order valence-electron chi connectivity index (χ4n) is 2.57. The fraction of sp³-hybridized carbons (Fsp3) is 0.625. The van der Waals surface area contributed by atoms with Gasteiger partial charge in [0.25, 0.3) is 0 Å². The van der Waals surface area contributed by atoms with Gasteiger partial charge in [-0.15, -0.1) is 0 Å². The van der Waals surface area contributed by atoms with Gasteiger partial charge in [-0.25, -0.2) is 0 Å². The molecule has 0 radical (unpaired) electrons. The first-order valence-corrected chi connectivity index (χ1v) is 9.98. The molecule has 0 unspecified atom stereocenters. The van der Waals surface area contributed by atoms with E-state index in [0.717, 1.165) is 19.3 Å². The average molecular weight is 370 g/mol. The Hall–Kier alpha value is -1.77. The Bertz CT molecular complexity index is 624. The minimum atomic E-state index is 0.243. The van der Waals surface area contributed by atoms with E-state index < -0.39 is 0 Å². The van der Waals surface area contributed by atoms with E-state index in [1.165, 1.54) is 17.0 Å². The normalized spacial score (nSPS) is 18.3. The highest BCUT2D eigenvalue weighted by molar-refractivity contribution is 5.92. The van der Waals surface area contributed by atoms with E-state index >= 15 is 0 Å². The van der Waals surface area contributed by atoms with Gasteiger partial charge in [-0.05, 0) is 11.0 Å². The van der Waals surface area contributed by atoms with Crippen LogP contribution in [0.3, 0.4) is 0 Å². The molecule has 0 aliphatic carbocycles.